The Balaban J connectivity index is 0.00000200. The normalized spacial score (nSPS) is 12.6. The molecule has 0 saturated carbocycles. The van der Waals surface area contributed by atoms with Gasteiger partial charge in [-0.2, -0.15) is 0 Å². The van der Waals surface area contributed by atoms with Crippen LogP contribution in [0.1, 0.15) is 18.5 Å². The van der Waals surface area contributed by atoms with Crippen molar-refractivity contribution in [3.8, 4) is 11.1 Å². The van der Waals surface area contributed by atoms with Gasteiger partial charge in [0.2, 0.25) is 0 Å². The van der Waals surface area contributed by atoms with Gasteiger partial charge in [-0.05, 0) is 35.7 Å². The van der Waals surface area contributed by atoms with E-state index in [2.05, 4.69) is 0 Å². The molecule has 0 spiro atoms. The number of sulfone groups is 1. The molecule has 2 N–H and O–H groups in total. The Bertz CT molecular complexity index is 662. The van der Waals surface area contributed by atoms with Crippen molar-refractivity contribution in [1.82, 2.24) is 0 Å². The van der Waals surface area contributed by atoms with E-state index in [9.17, 15) is 8.42 Å². The highest BCUT2D eigenvalue weighted by molar-refractivity contribution is 7.90. The number of benzene rings is 2. The van der Waals surface area contributed by atoms with Crippen molar-refractivity contribution in [3.05, 3.63) is 54.1 Å². The van der Waals surface area contributed by atoms with E-state index >= 15 is 0 Å². The largest absolute Gasteiger partial charge is 0.324 e. The number of hydrogen-bond acceptors (Lipinski definition) is 3. The minimum Gasteiger partial charge on any atom is -0.324 e. The molecule has 3 nitrogen and oxygen atoms in total. The van der Waals surface area contributed by atoms with Crippen LogP contribution in [0.15, 0.2) is 53.4 Å². The first-order valence-electron chi connectivity index (χ1n) is 6.04. The molecule has 0 fully saturated rings. The Morgan fingerprint density at radius 3 is 1.65 bits per heavy atom. The minimum atomic E-state index is -3.14. The van der Waals surface area contributed by atoms with E-state index in [1.165, 1.54) is 6.26 Å². The number of rotatable bonds is 3. The summed E-state index contributed by atoms with van der Waals surface area (Å²) in [4.78, 5) is 0.337. The molecule has 0 bridgehead atoms. The fourth-order valence-corrected chi connectivity index (χ4v) is 2.50. The highest BCUT2D eigenvalue weighted by atomic mass is 35.5. The van der Waals surface area contributed by atoms with E-state index in [-0.39, 0.29) is 18.4 Å². The SMILES string of the molecule is C[C@H](N)c1ccc(-c2ccc(S(C)(=O)=O)cc2)cc1.Cl. The van der Waals surface area contributed by atoms with Crippen molar-refractivity contribution in [2.45, 2.75) is 17.9 Å². The summed E-state index contributed by atoms with van der Waals surface area (Å²) in [7, 11) is -3.14. The summed E-state index contributed by atoms with van der Waals surface area (Å²) in [5.74, 6) is 0. The lowest BCUT2D eigenvalue weighted by molar-refractivity contribution is 0.602. The van der Waals surface area contributed by atoms with Gasteiger partial charge in [-0.1, -0.05) is 36.4 Å². The van der Waals surface area contributed by atoms with Gasteiger partial charge in [-0.3, -0.25) is 0 Å². The summed E-state index contributed by atoms with van der Waals surface area (Å²) < 4.78 is 22.8. The molecule has 2 rings (SSSR count). The molecule has 108 valence electrons. The van der Waals surface area contributed by atoms with Crippen LogP contribution in [0.3, 0.4) is 0 Å². The van der Waals surface area contributed by atoms with Crippen LogP contribution in [-0.4, -0.2) is 14.7 Å². The maximum Gasteiger partial charge on any atom is 0.175 e. The Kier molecular flexibility index (Phi) is 5.34. The van der Waals surface area contributed by atoms with Gasteiger partial charge >= 0.3 is 0 Å². The van der Waals surface area contributed by atoms with Gasteiger partial charge in [0.15, 0.2) is 9.84 Å². The molecule has 0 unspecified atom stereocenters. The molecular weight excluding hydrogens is 294 g/mol. The minimum absolute atomic E-state index is 0. The lowest BCUT2D eigenvalue weighted by Crippen LogP contribution is -2.04. The Morgan fingerprint density at radius 2 is 1.30 bits per heavy atom. The van der Waals surface area contributed by atoms with E-state index < -0.39 is 9.84 Å². The highest BCUT2D eigenvalue weighted by Gasteiger charge is 2.07. The maximum absolute atomic E-state index is 11.4. The number of halogens is 1. The van der Waals surface area contributed by atoms with Crippen LogP contribution < -0.4 is 5.73 Å². The maximum atomic E-state index is 11.4. The lowest BCUT2D eigenvalue weighted by atomic mass is 10.0. The van der Waals surface area contributed by atoms with Gasteiger partial charge in [0.1, 0.15) is 0 Å². The molecule has 0 saturated heterocycles. The van der Waals surface area contributed by atoms with Crippen LogP contribution in [0.4, 0.5) is 0 Å². The van der Waals surface area contributed by atoms with Crippen molar-refractivity contribution in [2.24, 2.45) is 5.73 Å². The summed E-state index contributed by atoms with van der Waals surface area (Å²) in [6, 6.07) is 14.9. The third-order valence-electron chi connectivity index (χ3n) is 3.05. The fraction of sp³-hybridized carbons (Fsp3) is 0.200. The average Bonchev–Trinajstić information content (AvgIpc) is 2.38. The Hall–Kier alpha value is -1.36. The first kappa shape index (κ1) is 16.7. The fourth-order valence-electron chi connectivity index (χ4n) is 1.87. The standard InChI is InChI=1S/C15H17NO2S.ClH/c1-11(16)12-3-5-13(6-4-12)14-7-9-15(10-8-14)19(2,17)18;/h3-11H,16H2,1-2H3;1H/t11-;/m0./s1. The number of nitrogens with two attached hydrogens (primary N) is 1. The molecule has 5 heteroatoms. The van der Waals surface area contributed by atoms with E-state index in [1.54, 1.807) is 12.1 Å². The second-order valence-electron chi connectivity index (χ2n) is 4.71. The second kappa shape index (κ2) is 6.39. The van der Waals surface area contributed by atoms with Crippen LogP contribution in [0.2, 0.25) is 0 Å². The molecule has 0 aliphatic carbocycles. The molecule has 0 aliphatic heterocycles. The third-order valence-corrected chi connectivity index (χ3v) is 4.18. The molecule has 2 aromatic rings. The summed E-state index contributed by atoms with van der Waals surface area (Å²) in [6.07, 6.45) is 1.21. The summed E-state index contributed by atoms with van der Waals surface area (Å²) in [6.45, 7) is 1.94. The summed E-state index contributed by atoms with van der Waals surface area (Å²) in [5, 5.41) is 0. The van der Waals surface area contributed by atoms with E-state index in [4.69, 9.17) is 5.73 Å². The molecule has 0 aliphatic rings. The van der Waals surface area contributed by atoms with Gasteiger partial charge in [-0.15, -0.1) is 12.4 Å². The van der Waals surface area contributed by atoms with Crippen molar-refractivity contribution in [2.75, 3.05) is 6.26 Å². The quantitative estimate of drug-likeness (QED) is 0.947. The van der Waals surface area contributed by atoms with Gasteiger partial charge in [0.25, 0.3) is 0 Å². The van der Waals surface area contributed by atoms with Gasteiger partial charge in [-0.25, -0.2) is 8.42 Å². The smallest absolute Gasteiger partial charge is 0.175 e. The van der Waals surface area contributed by atoms with Crippen LogP contribution in [0.5, 0.6) is 0 Å². The van der Waals surface area contributed by atoms with Crippen molar-refractivity contribution < 1.29 is 8.42 Å². The summed E-state index contributed by atoms with van der Waals surface area (Å²) in [5.41, 5.74) is 8.92. The van der Waals surface area contributed by atoms with Gasteiger partial charge in [0.05, 0.1) is 4.90 Å². The highest BCUT2D eigenvalue weighted by Crippen LogP contribution is 2.23. The van der Waals surface area contributed by atoms with E-state index in [1.807, 2.05) is 43.3 Å². The Labute approximate surface area is 126 Å². The predicted molar refractivity (Wildman–Crippen MR) is 84.8 cm³/mol. The third kappa shape index (κ3) is 3.82. The van der Waals surface area contributed by atoms with Crippen molar-refractivity contribution in [3.63, 3.8) is 0 Å². The Morgan fingerprint density at radius 1 is 0.900 bits per heavy atom. The van der Waals surface area contributed by atoms with Gasteiger partial charge in [0, 0.05) is 12.3 Å². The zero-order valence-corrected chi connectivity index (χ0v) is 13.0. The summed E-state index contributed by atoms with van der Waals surface area (Å²) >= 11 is 0. The topological polar surface area (TPSA) is 60.2 Å². The second-order valence-corrected chi connectivity index (χ2v) is 6.72. The lowest BCUT2D eigenvalue weighted by Gasteiger charge is -2.07. The predicted octanol–water partition coefficient (Wildman–Crippen LogP) is 3.20. The average molecular weight is 312 g/mol. The van der Waals surface area contributed by atoms with Crippen molar-refractivity contribution in [1.29, 1.82) is 0 Å². The van der Waals surface area contributed by atoms with E-state index in [0.717, 1.165) is 16.7 Å². The molecule has 20 heavy (non-hydrogen) atoms. The molecular formula is C15H18ClNO2S. The molecule has 0 amide bonds. The molecule has 0 aromatic heterocycles. The van der Waals surface area contributed by atoms with Crippen LogP contribution in [0, 0.1) is 0 Å². The zero-order valence-electron chi connectivity index (χ0n) is 11.4. The van der Waals surface area contributed by atoms with Crippen LogP contribution >= 0.6 is 12.4 Å². The monoisotopic (exact) mass is 311 g/mol. The number of hydrogen-bond donors (Lipinski definition) is 1. The van der Waals surface area contributed by atoms with E-state index in [0.29, 0.717) is 4.90 Å². The molecule has 0 radical (unpaired) electrons. The van der Waals surface area contributed by atoms with Gasteiger partial charge < -0.3 is 5.73 Å². The van der Waals surface area contributed by atoms with Crippen LogP contribution in [-0.2, 0) is 9.84 Å². The first-order valence-corrected chi connectivity index (χ1v) is 7.93. The first-order chi connectivity index (χ1) is 8.88. The molecule has 0 heterocycles. The molecule has 1 atom stereocenters. The van der Waals surface area contributed by atoms with Crippen LogP contribution in [0.25, 0.3) is 11.1 Å². The zero-order chi connectivity index (χ0) is 14.0. The van der Waals surface area contributed by atoms with Crippen molar-refractivity contribution >= 4 is 22.2 Å². The molecule has 2 aromatic carbocycles.